The molecule has 0 bridgehead atoms. The quantitative estimate of drug-likeness (QED) is 0.619. The topological polar surface area (TPSA) is 42.4 Å². The lowest BCUT2D eigenvalue weighted by Crippen LogP contribution is -2.23. The number of amides is 1. The molecule has 0 spiro atoms. The van der Waals surface area contributed by atoms with Gasteiger partial charge in [-0.3, -0.25) is 9.69 Å². The number of benzene rings is 2. The van der Waals surface area contributed by atoms with Crippen molar-refractivity contribution in [2.24, 2.45) is 0 Å². The lowest BCUT2D eigenvalue weighted by molar-refractivity contribution is -0.113. The zero-order chi connectivity index (χ0) is 17.6. The van der Waals surface area contributed by atoms with E-state index in [1.165, 1.54) is 11.3 Å². The van der Waals surface area contributed by atoms with E-state index in [9.17, 15) is 4.79 Å². The summed E-state index contributed by atoms with van der Waals surface area (Å²) in [5.41, 5.74) is 2.83. The van der Waals surface area contributed by atoms with Gasteiger partial charge in [-0.25, -0.2) is 4.98 Å². The number of hydrogen-bond acceptors (Lipinski definition) is 4. The zero-order valence-electron chi connectivity index (χ0n) is 14.0. The van der Waals surface area contributed by atoms with Crippen molar-refractivity contribution >= 4 is 34.1 Å². The van der Waals surface area contributed by atoms with Crippen LogP contribution in [0.15, 0.2) is 66.2 Å². The molecule has 0 aliphatic carbocycles. The van der Waals surface area contributed by atoms with Gasteiger partial charge in [-0.1, -0.05) is 29.8 Å². The van der Waals surface area contributed by atoms with Crippen LogP contribution in [0, 0.1) is 6.92 Å². The van der Waals surface area contributed by atoms with Crippen LogP contribution in [-0.2, 0) is 4.79 Å². The number of methoxy groups -OCH3 is 1. The van der Waals surface area contributed by atoms with Crippen LogP contribution in [-0.4, -0.2) is 18.0 Å². The van der Waals surface area contributed by atoms with Gasteiger partial charge in [-0.2, -0.15) is 0 Å². The van der Waals surface area contributed by atoms with E-state index in [2.05, 4.69) is 4.98 Å². The minimum Gasteiger partial charge on any atom is -0.497 e. The Kier molecular flexibility index (Phi) is 5.26. The zero-order valence-corrected chi connectivity index (χ0v) is 14.9. The van der Waals surface area contributed by atoms with E-state index in [0.717, 1.165) is 22.6 Å². The van der Waals surface area contributed by atoms with Crippen molar-refractivity contribution in [2.45, 2.75) is 6.92 Å². The molecule has 0 fully saturated rings. The number of carbonyl (C=O) groups excluding carboxylic acids is 1. The smallest absolute Gasteiger partial charge is 0.257 e. The molecule has 2 aromatic carbocycles. The normalized spacial score (nSPS) is 10.8. The minimum atomic E-state index is -0.151. The molecule has 1 heterocycles. The van der Waals surface area contributed by atoms with E-state index in [1.54, 1.807) is 30.4 Å². The first-order chi connectivity index (χ1) is 12.2. The Morgan fingerprint density at radius 1 is 1.20 bits per heavy atom. The summed E-state index contributed by atoms with van der Waals surface area (Å²) in [7, 11) is 1.62. The SMILES string of the molecule is COc1cccc(C=CC(=O)N(c2ccc(C)cc2)c2nccs2)c1. The first-order valence-electron chi connectivity index (χ1n) is 7.80. The van der Waals surface area contributed by atoms with Crippen LogP contribution >= 0.6 is 11.3 Å². The maximum Gasteiger partial charge on any atom is 0.257 e. The molecule has 0 atom stereocenters. The van der Waals surface area contributed by atoms with Crippen LogP contribution in [0.4, 0.5) is 10.8 Å². The monoisotopic (exact) mass is 350 g/mol. The van der Waals surface area contributed by atoms with E-state index in [4.69, 9.17) is 4.74 Å². The average molecular weight is 350 g/mol. The lowest BCUT2D eigenvalue weighted by Gasteiger charge is -2.18. The number of nitrogens with zero attached hydrogens (tertiary/aromatic N) is 2. The second-order valence-corrected chi connectivity index (χ2v) is 6.31. The molecule has 0 radical (unpaired) electrons. The molecule has 3 rings (SSSR count). The molecule has 5 heteroatoms. The minimum absolute atomic E-state index is 0.151. The number of hydrogen-bond donors (Lipinski definition) is 0. The van der Waals surface area contributed by atoms with E-state index < -0.39 is 0 Å². The Balaban J connectivity index is 1.89. The molecule has 0 saturated carbocycles. The van der Waals surface area contributed by atoms with Gasteiger partial charge in [0.2, 0.25) is 0 Å². The van der Waals surface area contributed by atoms with Crippen molar-refractivity contribution in [2.75, 3.05) is 12.0 Å². The van der Waals surface area contributed by atoms with Crippen molar-refractivity contribution in [3.05, 3.63) is 77.3 Å². The Morgan fingerprint density at radius 2 is 2.00 bits per heavy atom. The van der Waals surface area contributed by atoms with Gasteiger partial charge in [0, 0.05) is 17.7 Å². The molecular weight excluding hydrogens is 332 g/mol. The predicted octanol–water partition coefficient (Wildman–Crippen LogP) is 4.84. The number of anilines is 2. The van der Waals surface area contributed by atoms with Gasteiger partial charge in [-0.15, -0.1) is 11.3 Å². The third-order valence-corrected chi connectivity index (χ3v) is 4.39. The van der Waals surface area contributed by atoms with Crippen molar-refractivity contribution in [3.8, 4) is 5.75 Å². The van der Waals surface area contributed by atoms with E-state index >= 15 is 0 Å². The first kappa shape index (κ1) is 16.9. The van der Waals surface area contributed by atoms with Crippen molar-refractivity contribution < 1.29 is 9.53 Å². The summed E-state index contributed by atoms with van der Waals surface area (Å²) in [6, 6.07) is 15.4. The fourth-order valence-electron chi connectivity index (χ4n) is 2.34. The molecule has 0 aliphatic rings. The van der Waals surface area contributed by atoms with Crippen LogP contribution in [0.2, 0.25) is 0 Å². The summed E-state index contributed by atoms with van der Waals surface area (Å²) < 4.78 is 5.21. The summed E-state index contributed by atoms with van der Waals surface area (Å²) in [6.45, 7) is 2.02. The van der Waals surface area contributed by atoms with Gasteiger partial charge in [0.1, 0.15) is 5.75 Å². The van der Waals surface area contributed by atoms with Crippen LogP contribution in [0.5, 0.6) is 5.75 Å². The highest BCUT2D eigenvalue weighted by Crippen LogP contribution is 2.28. The second kappa shape index (κ2) is 7.77. The van der Waals surface area contributed by atoms with Crippen molar-refractivity contribution in [1.82, 2.24) is 4.98 Å². The number of aromatic nitrogens is 1. The fourth-order valence-corrected chi connectivity index (χ4v) is 3.01. The van der Waals surface area contributed by atoms with E-state index in [1.807, 2.05) is 60.8 Å². The third-order valence-electron chi connectivity index (χ3n) is 3.64. The van der Waals surface area contributed by atoms with E-state index in [-0.39, 0.29) is 5.91 Å². The molecule has 1 amide bonds. The summed E-state index contributed by atoms with van der Waals surface area (Å²) in [4.78, 5) is 18.7. The number of thiazole rings is 1. The molecule has 4 nitrogen and oxygen atoms in total. The van der Waals surface area contributed by atoms with Gasteiger partial charge in [-0.05, 0) is 42.8 Å². The third kappa shape index (κ3) is 4.14. The molecular formula is C20H18N2O2S. The van der Waals surface area contributed by atoms with Crippen molar-refractivity contribution in [1.29, 1.82) is 0 Å². The van der Waals surface area contributed by atoms with Crippen LogP contribution in [0.3, 0.4) is 0 Å². The first-order valence-corrected chi connectivity index (χ1v) is 8.68. The van der Waals surface area contributed by atoms with Crippen LogP contribution in [0.25, 0.3) is 6.08 Å². The standard InChI is InChI=1S/C20H18N2O2S/c1-15-6-9-17(10-7-15)22(20-21-12-13-25-20)19(23)11-8-16-4-3-5-18(14-16)24-2/h3-14H,1-2H3. The molecule has 1 aromatic heterocycles. The molecule has 0 unspecified atom stereocenters. The molecule has 25 heavy (non-hydrogen) atoms. The van der Waals surface area contributed by atoms with Gasteiger partial charge >= 0.3 is 0 Å². The largest absolute Gasteiger partial charge is 0.497 e. The predicted molar refractivity (Wildman–Crippen MR) is 102 cm³/mol. The maximum atomic E-state index is 12.8. The summed E-state index contributed by atoms with van der Waals surface area (Å²) >= 11 is 1.43. The second-order valence-electron chi connectivity index (χ2n) is 5.43. The van der Waals surface area contributed by atoms with E-state index in [0.29, 0.717) is 5.13 Å². The average Bonchev–Trinajstić information content (AvgIpc) is 3.16. The Morgan fingerprint density at radius 3 is 2.68 bits per heavy atom. The maximum absolute atomic E-state index is 12.8. The Bertz CT molecular complexity index is 871. The number of carbonyl (C=O) groups is 1. The van der Waals surface area contributed by atoms with Crippen molar-refractivity contribution in [3.63, 3.8) is 0 Å². The van der Waals surface area contributed by atoms with Crippen LogP contribution in [0.1, 0.15) is 11.1 Å². The highest BCUT2D eigenvalue weighted by atomic mass is 32.1. The fraction of sp³-hybridized carbons (Fsp3) is 0.100. The van der Waals surface area contributed by atoms with Gasteiger partial charge in [0.25, 0.3) is 5.91 Å². The Labute approximate surface area is 151 Å². The number of ether oxygens (including phenoxy) is 1. The molecule has 0 N–H and O–H groups in total. The highest BCUT2D eigenvalue weighted by molar-refractivity contribution is 7.13. The Hall–Kier alpha value is -2.92. The summed E-state index contributed by atoms with van der Waals surface area (Å²) in [6.07, 6.45) is 5.02. The van der Waals surface area contributed by atoms with Gasteiger partial charge < -0.3 is 4.74 Å². The molecule has 0 aliphatic heterocycles. The number of aryl methyl sites for hydroxylation is 1. The van der Waals surface area contributed by atoms with Gasteiger partial charge in [0.15, 0.2) is 5.13 Å². The molecule has 126 valence electrons. The number of rotatable bonds is 5. The summed E-state index contributed by atoms with van der Waals surface area (Å²) in [5.74, 6) is 0.603. The van der Waals surface area contributed by atoms with Gasteiger partial charge in [0.05, 0.1) is 12.8 Å². The summed E-state index contributed by atoms with van der Waals surface area (Å²) in [5, 5.41) is 2.50. The highest BCUT2D eigenvalue weighted by Gasteiger charge is 2.17. The molecule has 0 saturated heterocycles. The molecule has 3 aromatic rings. The lowest BCUT2D eigenvalue weighted by atomic mass is 10.2. The van der Waals surface area contributed by atoms with Crippen LogP contribution < -0.4 is 9.64 Å².